The Kier molecular flexibility index (Phi) is 4.62. The van der Waals surface area contributed by atoms with Gasteiger partial charge in [-0.05, 0) is 19.3 Å². The summed E-state index contributed by atoms with van der Waals surface area (Å²) in [7, 11) is 0. The molecule has 12 heavy (non-hydrogen) atoms. The zero-order chi connectivity index (χ0) is 8.81. The third-order valence-corrected chi connectivity index (χ3v) is 2.53. The molecule has 1 saturated heterocycles. The van der Waals surface area contributed by atoms with Gasteiger partial charge in [-0.15, -0.1) is 0 Å². The van der Waals surface area contributed by atoms with Gasteiger partial charge in [0.25, 0.3) is 0 Å². The van der Waals surface area contributed by atoms with Crippen LogP contribution in [0.15, 0.2) is 0 Å². The van der Waals surface area contributed by atoms with Gasteiger partial charge in [-0.3, -0.25) is 0 Å². The molecular formula is C10H20O2. The fourth-order valence-electron chi connectivity index (χ4n) is 1.75. The van der Waals surface area contributed by atoms with Crippen molar-refractivity contribution in [3.05, 3.63) is 0 Å². The highest BCUT2D eigenvalue weighted by atomic mass is 16.5. The van der Waals surface area contributed by atoms with Crippen molar-refractivity contribution < 1.29 is 9.84 Å². The van der Waals surface area contributed by atoms with Crippen molar-refractivity contribution >= 4 is 0 Å². The molecule has 0 aromatic rings. The molecule has 0 bridgehead atoms. The minimum Gasteiger partial charge on any atom is -0.394 e. The fraction of sp³-hybridized carbons (Fsp3) is 1.00. The molecule has 2 nitrogen and oxygen atoms in total. The Labute approximate surface area is 74.9 Å². The summed E-state index contributed by atoms with van der Waals surface area (Å²) < 4.78 is 5.61. The summed E-state index contributed by atoms with van der Waals surface area (Å²) in [5.41, 5.74) is 0. The first kappa shape index (κ1) is 10.0. The molecule has 1 N–H and O–H groups in total. The van der Waals surface area contributed by atoms with Crippen molar-refractivity contribution in [1.29, 1.82) is 0 Å². The minimum absolute atomic E-state index is 0.136. The van der Waals surface area contributed by atoms with Gasteiger partial charge >= 0.3 is 0 Å². The van der Waals surface area contributed by atoms with Crippen LogP contribution in [0.1, 0.15) is 45.4 Å². The zero-order valence-corrected chi connectivity index (χ0v) is 7.96. The Hall–Kier alpha value is -0.0800. The molecule has 0 aliphatic carbocycles. The molecule has 1 heterocycles. The van der Waals surface area contributed by atoms with Gasteiger partial charge < -0.3 is 9.84 Å². The maximum absolute atomic E-state index is 8.83. The molecule has 0 aromatic heterocycles. The molecule has 1 aliphatic heterocycles. The molecule has 0 saturated carbocycles. The van der Waals surface area contributed by atoms with Gasteiger partial charge in [0.2, 0.25) is 0 Å². The molecule has 1 aliphatic rings. The second kappa shape index (κ2) is 5.55. The minimum atomic E-state index is 0.136. The molecule has 0 unspecified atom stereocenters. The van der Waals surface area contributed by atoms with Gasteiger partial charge in [-0.1, -0.05) is 26.2 Å². The quantitative estimate of drug-likeness (QED) is 0.643. The second-order valence-corrected chi connectivity index (χ2v) is 3.64. The van der Waals surface area contributed by atoms with Crippen LogP contribution < -0.4 is 0 Å². The molecular weight excluding hydrogens is 152 g/mol. The van der Waals surface area contributed by atoms with Crippen LogP contribution in [-0.4, -0.2) is 23.9 Å². The summed E-state index contributed by atoms with van der Waals surface area (Å²) in [6, 6.07) is 0. The van der Waals surface area contributed by atoms with E-state index in [1.165, 1.54) is 25.7 Å². The van der Waals surface area contributed by atoms with Gasteiger partial charge in [0.05, 0.1) is 18.8 Å². The third kappa shape index (κ3) is 3.11. The highest BCUT2D eigenvalue weighted by Gasteiger charge is 2.23. The van der Waals surface area contributed by atoms with Crippen LogP contribution in [0.2, 0.25) is 0 Å². The van der Waals surface area contributed by atoms with Gasteiger partial charge in [-0.25, -0.2) is 0 Å². The summed E-state index contributed by atoms with van der Waals surface area (Å²) in [6.45, 7) is 2.41. The average molecular weight is 172 g/mol. The predicted molar refractivity (Wildman–Crippen MR) is 49.1 cm³/mol. The largest absolute Gasteiger partial charge is 0.394 e. The van der Waals surface area contributed by atoms with Crippen molar-refractivity contribution in [3.8, 4) is 0 Å². The zero-order valence-electron chi connectivity index (χ0n) is 7.96. The van der Waals surface area contributed by atoms with Crippen molar-refractivity contribution in [1.82, 2.24) is 0 Å². The van der Waals surface area contributed by atoms with E-state index < -0.39 is 0 Å². The summed E-state index contributed by atoms with van der Waals surface area (Å²) in [6.07, 6.45) is 7.82. The molecule has 72 valence electrons. The van der Waals surface area contributed by atoms with Crippen molar-refractivity contribution in [2.45, 2.75) is 57.7 Å². The number of hydrogen-bond acceptors (Lipinski definition) is 2. The fourth-order valence-corrected chi connectivity index (χ4v) is 1.75. The van der Waals surface area contributed by atoms with Crippen LogP contribution in [0, 0.1) is 0 Å². The molecule has 0 spiro atoms. The lowest BCUT2D eigenvalue weighted by Crippen LogP contribution is -2.14. The Morgan fingerprint density at radius 2 is 2.00 bits per heavy atom. The highest BCUT2D eigenvalue weighted by Crippen LogP contribution is 2.23. The predicted octanol–water partition coefficient (Wildman–Crippen LogP) is 2.11. The standard InChI is InChI=1S/C10H20O2/c1-2-3-4-5-9-6-7-10(8-11)12-9/h9-11H,2-8H2,1H3/t9-,10+/m1/s1. The Balaban J connectivity index is 2.03. The van der Waals surface area contributed by atoms with E-state index in [1.807, 2.05) is 0 Å². The topological polar surface area (TPSA) is 29.5 Å². The van der Waals surface area contributed by atoms with Crippen LogP contribution >= 0.6 is 0 Å². The number of unbranched alkanes of at least 4 members (excludes halogenated alkanes) is 2. The lowest BCUT2D eigenvalue weighted by molar-refractivity contribution is 0.00762. The molecule has 0 radical (unpaired) electrons. The lowest BCUT2D eigenvalue weighted by Gasteiger charge is -2.10. The third-order valence-electron chi connectivity index (χ3n) is 2.53. The number of aliphatic hydroxyl groups is 1. The number of hydrogen-bond donors (Lipinski definition) is 1. The SMILES string of the molecule is CCCCC[C@@H]1CC[C@@H](CO)O1. The van der Waals surface area contributed by atoms with Gasteiger partial charge in [0.1, 0.15) is 0 Å². The summed E-state index contributed by atoms with van der Waals surface area (Å²) in [5, 5.41) is 8.83. The Morgan fingerprint density at radius 1 is 1.25 bits per heavy atom. The summed E-state index contributed by atoms with van der Waals surface area (Å²) in [4.78, 5) is 0. The highest BCUT2D eigenvalue weighted by molar-refractivity contribution is 4.72. The Bertz CT molecular complexity index is 114. The van der Waals surface area contributed by atoms with Gasteiger partial charge in [-0.2, -0.15) is 0 Å². The van der Waals surface area contributed by atoms with E-state index in [1.54, 1.807) is 0 Å². The van der Waals surface area contributed by atoms with Crippen LogP contribution in [0.25, 0.3) is 0 Å². The number of ether oxygens (including phenoxy) is 1. The van der Waals surface area contributed by atoms with E-state index in [2.05, 4.69) is 6.92 Å². The van der Waals surface area contributed by atoms with Crippen LogP contribution in [0.5, 0.6) is 0 Å². The number of rotatable bonds is 5. The molecule has 0 amide bonds. The van der Waals surface area contributed by atoms with E-state index in [4.69, 9.17) is 9.84 Å². The number of aliphatic hydroxyl groups excluding tert-OH is 1. The first-order valence-corrected chi connectivity index (χ1v) is 5.13. The Morgan fingerprint density at radius 3 is 2.58 bits per heavy atom. The molecule has 0 aromatic carbocycles. The molecule has 2 atom stereocenters. The first-order chi connectivity index (χ1) is 5.86. The van der Waals surface area contributed by atoms with E-state index in [0.29, 0.717) is 6.10 Å². The first-order valence-electron chi connectivity index (χ1n) is 5.13. The average Bonchev–Trinajstić information content (AvgIpc) is 2.53. The maximum atomic E-state index is 8.83. The van der Waals surface area contributed by atoms with Gasteiger partial charge in [0.15, 0.2) is 0 Å². The van der Waals surface area contributed by atoms with E-state index >= 15 is 0 Å². The second-order valence-electron chi connectivity index (χ2n) is 3.64. The van der Waals surface area contributed by atoms with E-state index in [9.17, 15) is 0 Å². The summed E-state index contributed by atoms with van der Waals surface area (Å²) in [5.74, 6) is 0. The normalized spacial score (nSPS) is 29.5. The molecule has 1 fully saturated rings. The lowest BCUT2D eigenvalue weighted by atomic mass is 10.1. The summed E-state index contributed by atoms with van der Waals surface area (Å²) >= 11 is 0. The van der Waals surface area contributed by atoms with Crippen molar-refractivity contribution in [2.75, 3.05) is 6.61 Å². The molecule has 1 rings (SSSR count). The van der Waals surface area contributed by atoms with Crippen LogP contribution in [0.3, 0.4) is 0 Å². The maximum Gasteiger partial charge on any atom is 0.0810 e. The van der Waals surface area contributed by atoms with E-state index in [-0.39, 0.29) is 12.7 Å². The smallest absolute Gasteiger partial charge is 0.0810 e. The van der Waals surface area contributed by atoms with Crippen LogP contribution in [0.4, 0.5) is 0 Å². The van der Waals surface area contributed by atoms with Crippen LogP contribution in [-0.2, 0) is 4.74 Å². The molecule has 2 heteroatoms. The van der Waals surface area contributed by atoms with Crippen molar-refractivity contribution in [3.63, 3.8) is 0 Å². The van der Waals surface area contributed by atoms with Crippen molar-refractivity contribution in [2.24, 2.45) is 0 Å². The van der Waals surface area contributed by atoms with Gasteiger partial charge in [0, 0.05) is 0 Å². The van der Waals surface area contributed by atoms with E-state index in [0.717, 1.165) is 12.8 Å². The monoisotopic (exact) mass is 172 g/mol.